The Balaban J connectivity index is 2.53. The zero-order valence-electron chi connectivity index (χ0n) is 9.18. The molecule has 4 nitrogen and oxygen atoms in total. The normalized spacial score (nSPS) is 12.9. The van der Waals surface area contributed by atoms with Crippen molar-refractivity contribution >= 4 is 29.1 Å². The number of nitrogens with two attached hydrogens (primary N) is 1. The standard InChI is InChI=1S/C10H15Cl2N3O/c1-5(2)7(13)4-14-10(16)8-3-6(11)9(12)15-8/h3,5,7,15H,4,13H2,1-2H3,(H,14,16). The lowest BCUT2D eigenvalue weighted by molar-refractivity contribution is 0.0945. The number of hydrogen-bond donors (Lipinski definition) is 3. The van der Waals surface area contributed by atoms with Crippen LogP contribution in [0.25, 0.3) is 0 Å². The number of carbonyl (C=O) groups is 1. The second-order valence-electron chi connectivity index (χ2n) is 3.96. The second kappa shape index (κ2) is 5.57. The number of aromatic amines is 1. The van der Waals surface area contributed by atoms with Gasteiger partial charge in [0.1, 0.15) is 10.8 Å². The van der Waals surface area contributed by atoms with Crippen LogP contribution in [-0.2, 0) is 0 Å². The molecule has 6 heteroatoms. The van der Waals surface area contributed by atoms with E-state index in [-0.39, 0.29) is 17.1 Å². The molecule has 1 rings (SSSR count). The summed E-state index contributed by atoms with van der Waals surface area (Å²) in [5.74, 6) is 0.0565. The van der Waals surface area contributed by atoms with Crippen LogP contribution in [-0.4, -0.2) is 23.5 Å². The first-order valence-corrected chi connectivity index (χ1v) is 5.75. The van der Waals surface area contributed by atoms with E-state index < -0.39 is 0 Å². The lowest BCUT2D eigenvalue weighted by Crippen LogP contribution is -2.40. The average Bonchev–Trinajstić information content (AvgIpc) is 2.55. The van der Waals surface area contributed by atoms with Crippen molar-refractivity contribution in [3.63, 3.8) is 0 Å². The smallest absolute Gasteiger partial charge is 0.267 e. The highest BCUT2D eigenvalue weighted by Gasteiger charge is 2.13. The maximum absolute atomic E-state index is 11.6. The molecule has 0 fully saturated rings. The van der Waals surface area contributed by atoms with Crippen LogP contribution in [0, 0.1) is 5.92 Å². The fourth-order valence-corrected chi connectivity index (χ4v) is 1.38. The fourth-order valence-electron chi connectivity index (χ4n) is 1.07. The number of aromatic nitrogens is 1. The number of H-pyrrole nitrogens is 1. The molecule has 1 heterocycles. The molecular formula is C10H15Cl2N3O. The number of amides is 1. The third kappa shape index (κ3) is 3.40. The van der Waals surface area contributed by atoms with Crippen LogP contribution < -0.4 is 11.1 Å². The molecule has 1 aromatic rings. The Labute approximate surface area is 104 Å². The van der Waals surface area contributed by atoms with Gasteiger partial charge in [0, 0.05) is 12.6 Å². The molecule has 0 bridgehead atoms. The summed E-state index contributed by atoms with van der Waals surface area (Å²) in [6.45, 7) is 4.42. The van der Waals surface area contributed by atoms with Gasteiger partial charge in [-0.15, -0.1) is 0 Å². The van der Waals surface area contributed by atoms with Crippen molar-refractivity contribution in [1.29, 1.82) is 0 Å². The van der Waals surface area contributed by atoms with Gasteiger partial charge < -0.3 is 16.0 Å². The largest absolute Gasteiger partial charge is 0.349 e. The van der Waals surface area contributed by atoms with Crippen molar-refractivity contribution in [2.45, 2.75) is 19.9 Å². The molecular weight excluding hydrogens is 249 g/mol. The number of halogens is 2. The van der Waals surface area contributed by atoms with Crippen LogP contribution in [0.2, 0.25) is 10.2 Å². The Morgan fingerprint density at radius 1 is 1.56 bits per heavy atom. The van der Waals surface area contributed by atoms with E-state index in [1.165, 1.54) is 6.07 Å². The van der Waals surface area contributed by atoms with E-state index in [4.69, 9.17) is 28.9 Å². The number of nitrogens with one attached hydrogen (secondary N) is 2. The highest BCUT2D eigenvalue weighted by Crippen LogP contribution is 2.21. The van der Waals surface area contributed by atoms with E-state index in [0.717, 1.165) is 0 Å². The molecule has 0 aliphatic heterocycles. The molecule has 1 atom stereocenters. The number of hydrogen-bond acceptors (Lipinski definition) is 2. The van der Waals surface area contributed by atoms with Gasteiger partial charge in [0.15, 0.2) is 0 Å². The maximum atomic E-state index is 11.6. The van der Waals surface area contributed by atoms with Crippen LogP contribution in [0.3, 0.4) is 0 Å². The lowest BCUT2D eigenvalue weighted by Gasteiger charge is -2.15. The van der Waals surface area contributed by atoms with E-state index in [2.05, 4.69) is 10.3 Å². The molecule has 1 unspecified atom stereocenters. The molecule has 0 aromatic carbocycles. The van der Waals surface area contributed by atoms with Crippen LogP contribution in [0.15, 0.2) is 6.07 Å². The number of rotatable bonds is 4. The van der Waals surface area contributed by atoms with Crippen LogP contribution in [0.5, 0.6) is 0 Å². The van der Waals surface area contributed by atoms with Crippen LogP contribution in [0.4, 0.5) is 0 Å². The van der Waals surface area contributed by atoms with Crippen molar-refractivity contribution in [2.24, 2.45) is 11.7 Å². The summed E-state index contributed by atoms with van der Waals surface area (Å²) in [6, 6.07) is 1.42. The van der Waals surface area contributed by atoms with Gasteiger partial charge >= 0.3 is 0 Å². The van der Waals surface area contributed by atoms with Crippen molar-refractivity contribution < 1.29 is 4.79 Å². The molecule has 0 spiro atoms. The SMILES string of the molecule is CC(C)C(N)CNC(=O)c1cc(Cl)c(Cl)[nH]1. The van der Waals surface area contributed by atoms with E-state index in [0.29, 0.717) is 23.2 Å². The van der Waals surface area contributed by atoms with E-state index >= 15 is 0 Å². The maximum Gasteiger partial charge on any atom is 0.267 e. The molecule has 0 aliphatic rings. The zero-order valence-corrected chi connectivity index (χ0v) is 10.7. The summed E-state index contributed by atoms with van der Waals surface area (Å²) in [5, 5.41) is 3.31. The number of carbonyl (C=O) groups excluding carboxylic acids is 1. The Morgan fingerprint density at radius 3 is 2.62 bits per heavy atom. The zero-order chi connectivity index (χ0) is 12.3. The highest BCUT2D eigenvalue weighted by molar-refractivity contribution is 6.41. The molecule has 4 N–H and O–H groups in total. The van der Waals surface area contributed by atoms with Gasteiger partial charge in [0.05, 0.1) is 5.02 Å². The Hall–Kier alpha value is -0.710. The first kappa shape index (κ1) is 13.4. The van der Waals surface area contributed by atoms with Gasteiger partial charge in [0.25, 0.3) is 5.91 Å². The van der Waals surface area contributed by atoms with Crippen LogP contribution in [0.1, 0.15) is 24.3 Å². The predicted octanol–water partition coefficient (Wildman–Crippen LogP) is 2.03. The average molecular weight is 264 g/mol. The minimum atomic E-state index is -0.259. The Kier molecular flexibility index (Phi) is 4.65. The second-order valence-corrected chi connectivity index (χ2v) is 4.75. The van der Waals surface area contributed by atoms with E-state index in [1.807, 2.05) is 13.8 Å². The minimum Gasteiger partial charge on any atom is -0.349 e. The van der Waals surface area contributed by atoms with Gasteiger partial charge in [-0.1, -0.05) is 37.0 Å². The molecule has 0 saturated carbocycles. The van der Waals surface area contributed by atoms with E-state index in [9.17, 15) is 4.79 Å². The lowest BCUT2D eigenvalue weighted by atomic mass is 10.1. The fraction of sp³-hybridized carbons (Fsp3) is 0.500. The monoisotopic (exact) mass is 263 g/mol. The van der Waals surface area contributed by atoms with Crippen LogP contribution >= 0.6 is 23.2 Å². The summed E-state index contributed by atoms with van der Waals surface area (Å²) < 4.78 is 0. The quantitative estimate of drug-likeness (QED) is 0.778. The van der Waals surface area contributed by atoms with Crippen molar-refractivity contribution in [3.05, 3.63) is 21.9 Å². The third-order valence-corrected chi connectivity index (χ3v) is 3.02. The van der Waals surface area contributed by atoms with Crippen molar-refractivity contribution in [3.8, 4) is 0 Å². The summed E-state index contributed by atoms with van der Waals surface area (Å²) in [6.07, 6.45) is 0. The molecule has 90 valence electrons. The minimum absolute atomic E-state index is 0.0649. The van der Waals surface area contributed by atoms with E-state index in [1.54, 1.807) is 0 Å². The molecule has 1 aromatic heterocycles. The molecule has 0 radical (unpaired) electrons. The Bertz CT molecular complexity index is 357. The topological polar surface area (TPSA) is 70.9 Å². The molecule has 16 heavy (non-hydrogen) atoms. The summed E-state index contributed by atoms with van der Waals surface area (Å²) >= 11 is 11.4. The third-order valence-electron chi connectivity index (χ3n) is 2.32. The van der Waals surface area contributed by atoms with Gasteiger partial charge in [0.2, 0.25) is 0 Å². The summed E-state index contributed by atoms with van der Waals surface area (Å²) in [4.78, 5) is 14.3. The summed E-state index contributed by atoms with van der Waals surface area (Å²) in [5.41, 5.74) is 6.14. The van der Waals surface area contributed by atoms with Crippen molar-refractivity contribution in [1.82, 2.24) is 10.3 Å². The first-order chi connectivity index (χ1) is 7.41. The van der Waals surface area contributed by atoms with Crippen molar-refractivity contribution in [2.75, 3.05) is 6.54 Å². The predicted molar refractivity (Wildman–Crippen MR) is 66.0 cm³/mol. The molecule has 1 amide bonds. The summed E-state index contributed by atoms with van der Waals surface area (Å²) in [7, 11) is 0. The molecule has 0 saturated heterocycles. The Morgan fingerprint density at radius 2 is 2.19 bits per heavy atom. The van der Waals surface area contributed by atoms with Gasteiger partial charge in [-0.3, -0.25) is 4.79 Å². The van der Waals surface area contributed by atoms with Gasteiger partial charge in [-0.25, -0.2) is 0 Å². The highest BCUT2D eigenvalue weighted by atomic mass is 35.5. The van der Waals surface area contributed by atoms with Gasteiger partial charge in [-0.05, 0) is 12.0 Å². The van der Waals surface area contributed by atoms with Gasteiger partial charge in [-0.2, -0.15) is 0 Å². The molecule has 0 aliphatic carbocycles. The first-order valence-electron chi connectivity index (χ1n) is 4.99.